The molecule has 0 aliphatic carbocycles. The maximum atomic E-state index is 12.2. The van der Waals surface area contributed by atoms with Crippen LogP contribution in [-0.2, 0) is 16.1 Å². The Morgan fingerprint density at radius 1 is 1.30 bits per heavy atom. The van der Waals surface area contributed by atoms with E-state index in [1.165, 1.54) is 0 Å². The molecule has 3 rings (SSSR count). The van der Waals surface area contributed by atoms with Crippen molar-refractivity contribution in [2.24, 2.45) is 5.73 Å². The molecule has 0 spiro atoms. The number of ether oxygens (including phenoxy) is 2. The molecule has 1 aliphatic heterocycles. The Morgan fingerprint density at radius 2 is 1.97 bits per heavy atom. The van der Waals surface area contributed by atoms with Crippen LogP contribution >= 0.6 is 0 Å². The van der Waals surface area contributed by atoms with E-state index in [1.54, 1.807) is 30.3 Å². The number of aliphatic carboxylic acids is 1. The molecular formula is C19H20F3N3O5. The van der Waals surface area contributed by atoms with Gasteiger partial charge in [0.1, 0.15) is 5.75 Å². The number of carboxylic acids is 1. The number of aromatic nitrogens is 1. The second-order valence-corrected chi connectivity index (χ2v) is 6.30. The summed E-state index contributed by atoms with van der Waals surface area (Å²) in [5, 5.41) is 10.0. The molecule has 30 heavy (non-hydrogen) atoms. The monoisotopic (exact) mass is 427 g/mol. The number of nitrogens with one attached hydrogen (secondary N) is 1. The first-order valence-corrected chi connectivity index (χ1v) is 8.72. The van der Waals surface area contributed by atoms with Crippen molar-refractivity contribution in [1.82, 2.24) is 10.3 Å². The first kappa shape index (κ1) is 23.1. The molecule has 1 amide bonds. The van der Waals surface area contributed by atoms with Gasteiger partial charge >= 0.3 is 12.1 Å². The van der Waals surface area contributed by atoms with E-state index in [0.29, 0.717) is 37.0 Å². The molecule has 8 nitrogen and oxygen atoms in total. The van der Waals surface area contributed by atoms with Crippen LogP contribution in [0, 0.1) is 6.92 Å². The average molecular weight is 427 g/mol. The Bertz CT molecular complexity index is 901. The van der Waals surface area contributed by atoms with Crippen LogP contribution in [-0.4, -0.2) is 47.4 Å². The van der Waals surface area contributed by atoms with Crippen LogP contribution in [0.25, 0.3) is 0 Å². The first-order chi connectivity index (χ1) is 14.1. The molecule has 1 saturated heterocycles. The lowest BCUT2D eigenvalue weighted by molar-refractivity contribution is -0.192. The fraction of sp³-hybridized carbons (Fsp3) is 0.316. The third-order valence-electron chi connectivity index (χ3n) is 3.76. The molecule has 1 aromatic heterocycles. The van der Waals surface area contributed by atoms with Gasteiger partial charge in [0, 0.05) is 23.9 Å². The van der Waals surface area contributed by atoms with Crippen molar-refractivity contribution >= 4 is 11.9 Å². The molecule has 4 N–H and O–H groups in total. The van der Waals surface area contributed by atoms with Gasteiger partial charge in [-0.25, -0.2) is 9.78 Å². The third-order valence-corrected chi connectivity index (χ3v) is 3.76. The number of amides is 1. The Morgan fingerprint density at radius 3 is 2.50 bits per heavy atom. The van der Waals surface area contributed by atoms with Gasteiger partial charge in [0.25, 0.3) is 5.91 Å². The predicted molar refractivity (Wildman–Crippen MR) is 99.1 cm³/mol. The van der Waals surface area contributed by atoms with E-state index in [1.807, 2.05) is 13.0 Å². The SMILES string of the molecule is Cc1cc(CN)cc(Oc2cccc(C(=O)NC3COC3)c2)n1.O=C(O)C(F)(F)F. The number of alkyl halides is 3. The summed E-state index contributed by atoms with van der Waals surface area (Å²) in [6, 6.07) is 10.8. The molecule has 0 radical (unpaired) electrons. The second kappa shape index (κ2) is 10.0. The van der Waals surface area contributed by atoms with E-state index < -0.39 is 12.1 Å². The zero-order valence-electron chi connectivity index (χ0n) is 15.9. The minimum atomic E-state index is -5.08. The second-order valence-electron chi connectivity index (χ2n) is 6.30. The number of hydrogen-bond acceptors (Lipinski definition) is 6. The summed E-state index contributed by atoms with van der Waals surface area (Å²) >= 11 is 0. The zero-order valence-corrected chi connectivity index (χ0v) is 15.9. The summed E-state index contributed by atoms with van der Waals surface area (Å²) in [7, 11) is 0. The molecule has 0 saturated carbocycles. The molecule has 1 fully saturated rings. The van der Waals surface area contributed by atoms with Gasteiger partial charge in [-0.15, -0.1) is 0 Å². The average Bonchev–Trinajstić information content (AvgIpc) is 2.64. The number of carbonyl (C=O) groups excluding carboxylic acids is 1. The van der Waals surface area contributed by atoms with Gasteiger partial charge in [-0.3, -0.25) is 4.79 Å². The Balaban J connectivity index is 0.000000396. The quantitative estimate of drug-likeness (QED) is 0.669. The molecule has 0 unspecified atom stereocenters. The summed E-state index contributed by atoms with van der Waals surface area (Å²) < 4.78 is 42.6. The molecule has 0 atom stereocenters. The largest absolute Gasteiger partial charge is 0.490 e. The summed E-state index contributed by atoms with van der Waals surface area (Å²) in [5.74, 6) is -1.87. The first-order valence-electron chi connectivity index (χ1n) is 8.72. The Labute approximate surface area is 169 Å². The molecule has 11 heteroatoms. The maximum Gasteiger partial charge on any atom is 0.490 e. The van der Waals surface area contributed by atoms with Crippen LogP contribution in [0.4, 0.5) is 13.2 Å². The molecular weight excluding hydrogens is 407 g/mol. The van der Waals surface area contributed by atoms with Gasteiger partial charge < -0.3 is 25.6 Å². The van der Waals surface area contributed by atoms with Crippen molar-refractivity contribution in [2.45, 2.75) is 25.7 Å². The van der Waals surface area contributed by atoms with Crippen molar-refractivity contribution < 1.29 is 37.3 Å². The highest BCUT2D eigenvalue weighted by Crippen LogP contribution is 2.22. The van der Waals surface area contributed by atoms with Crippen molar-refractivity contribution in [3.8, 4) is 11.6 Å². The van der Waals surface area contributed by atoms with E-state index in [4.69, 9.17) is 25.1 Å². The Kier molecular flexibility index (Phi) is 7.72. The van der Waals surface area contributed by atoms with Crippen LogP contribution < -0.4 is 15.8 Å². The molecule has 2 heterocycles. The lowest BCUT2D eigenvalue weighted by Gasteiger charge is -2.26. The van der Waals surface area contributed by atoms with E-state index in [-0.39, 0.29) is 11.9 Å². The van der Waals surface area contributed by atoms with Crippen molar-refractivity contribution in [3.05, 3.63) is 53.2 Å². The topological polar surface area (TPSA) is 124 Å². The predicted octanol–water partition coefficient (Wildman–Crippen LogP) is 2.40. The van der Waals surface area contributed by atoms with Crippen LogP contribution in [0.3, 0.4) is 0 Å². The van der Waals surface area contributed by atoms with Crippen molar-refractivity contribution in [1.29, 1.82) is 0 Å². The number of halogens is 3. The highest BCUT2D eigenvalue weighted by Gasteiger charge is 2.38. The number of rotatable bonds is 5. The normalized spacial score (nSPS) is 13.5. The summed E-state index contributed by atoms with van der Waals surface area (Å²) in [6.45, 7) is 3.44. The number of nitrogens with zero attached hydrogens (tertiary/aromatic N) is 1. The molecule has 1 aromatic carbocycles. The summed E-state index contributed by atoms with van der Waals surface area (Å²) in [6.07, 6.45) is -5.08. The summed E-state index contributed by atoms with van der Waals surface area (Å²) in [4.78, 5) is 25.4. The van der Waals surface area contributed by atoms with Crippen LogP contribution in [0.15, 0.2) is 36.4 Å². The fourth-order valence-electron chi connectivity index (χ4n) is 2.29. The number of benzene rings is 1. The van der Waals surface area contributed by atoms with Crippen LogP contribution in [0.1, 0.15) is 21.6 Å². The minimum absolute atomic E-state index is 0.0950. The van der Waals surface area contributed by atoms with Gasteiger partial charge in [0.2, 0.25) is 5.88 Å². The minimum Gasteiger partial charge on any atom is -0.475 e. The number of nitrogens with two attached hydrogens (primary N) is 1. The van der Waals surface area contributed by atoms with Gasteiger partial charge in [-0.2, -0.15) is 13.2 Å². The van der Waals surface area contributed by atoms with Crippen LogP contribution in [0.2, 0.25) is 0 Å². The van der Waals surface area contributed by atoms with E-state index in [2.05, 4.69) is 10.3 Å². The highest BCUT2D eigenvalue weighted by atomic mass is 19.4. The molecule has 2 aromatic rings. The maximum absolute atomic E-state index is 12.2. The lowest BCUT2D eigenvalue weighted by atomic mass is 10.1. The number of carboxylic acid groups (broad SMARTS) is 1. The summed E-state index contributed by atoms with van der Waals surface area (Å²) in [5.41, 5.74) is 7.99. The number of hydrogen-bond donors (Lipinski definition) is 3. The lowest BCUT2D eigenvalue weighted by Crippen LogP contribution is -2.48. The van der Waals surface area contributed by atoms with Crippen molar-refractivity contribution in [2.75, 3.05) is 13.2 Å². The standard InChI is InChI=1S/C17H19N3O3.C2HF3O2/c1-11-5-12(8-18)6-16(19-11)23-15-4-2-3-13(7-15)17(21)20-14-9-22-10-14;3-2(4,5)1(6)7/h2-7,14H,8-10,18H2,1H3,(H,20,21);(H,6,7). The van der Waals surface area contributed by atoms with Crippen molar-refractivity contribution in [3.63, 3.8) is 0 Å². The van der Waals surface area contributed by atoms with E-state index in [9.17, 15) is 18.0 Å². The highest BCUT2D eigenvalue weighted by molar-refractivity contribution is 5.94. The van der Waals surface area contributed by atoms with Crippen LogP contribution in [0.5, 0.6) is 11.6 Å². The number of carbonyl (C=O) groups is 2. The van der Waals surface area contributed by atoms with E-state index >= 15 is 0 Å². The smallest absolute Gasteiger partial charge is 0.475 e. The fourth-order valence-corrected chi connectivity index (χ4v) is 2.29. The van der Waals surface area contributed by atoms with Gasteiger partial charge in [0.05, 0.1) is 19.3 Å². The number of aryl methyl sites for hydroxylation is 1. The van der Waals surface area contributed by atoms with Gasteiger partial charge in [-0.05, 0) is 36.8 Å². The molecule has 162 valence electrons. The Hall–Kier alpha value is -3.18. The number of pyridine rings is 1. The molecule has 1 aliphatic rings. The van der Waals surface area contributed by atoms with Gasteiger partial charge in [0.15, 0.2) is 0 Å². The third kappa shape index (κ3) is 7.01. The zero-order chi connectivity index (χ0) is 22.3. The van der Waals surface area contributed by atoms with Gasteiger partial charge in [-0.1, -0.05) is 6.07 Å². The van der Waals surface area contributed by atoms with E-state index in [0.717, 1.165) is 11.3 Å². The molecule has 0 bridgehead atoms.